The molecular weight excluding hydrogens is 687 g/mol. The third-order valence-corrected chi connectivity index (χ3v) is 11.3. The maximum Gasteiger partial charge on any atom is 0.335 e. The summed E-state index contributed by atoms with van der Waals surface area (Å²) in [6, 6.07) is 24.0. The zero-order valence-corrected chi connectivity index (χ0v) is 29.7. The molecule has 0 spiro atoms. The van der Waals surface area contributed by atoms with Gasteiger partial charge in [-0.05, 0) is 110 Å². The highest BCUT2D eigenvalue weighted by molar-refractivity contribution is 7.89. The Morgan fingerprint density at radius 3 is 1.98 bits per heavy atom. The fourth-order valence-corrected chi connectivity index (χ4v) is 8.11. The highest BCUT2D eigenvalue weighted by atomic mass is 32.2. The van der Waals surface area contributed by atoms with Crippen molar-refractivity contribution in [2.75, 3.05) is 24.3 Å². The van der Waals surface area contributed by atoms with Crippen LogP contribution in [-0.4, -0.2) is 66.4 Å². The third-order valence-electron chi connectivity index (χ3n) is 9.30. The van der Waals surface area contributed by atoms with Crippen molar-refractivity contribution in [2.45, 2.75) is 56.4 Å². The number of rotatable bonds is 14. The summed E-state index contributed by atoms with van der Waals surface area (Å²) in [4.78, 5) is 49.5. The van der Waals surface area contributed by atoms with E-state index in [2.05, 4.69) is 10.6 Å². The number of hydrogen-bond acceptors (Lipinski definition) is 7. The van der Waals surface area contributed by atoms with Gasteiger partial charge in [-0.25, -0.2) is 13.2 Å². The molecule has 0 heterocycles. The lowest BCUT2D eigenvalue weighted by Gasteiger charge is -2.34. The number of carbonyl (C=O) groups is 4. The summed E-state index contributed by atoms with van der Waals surface area (Å²) in [5.41, 5.74) is 3.16. The number of benzene rings is 4. The van der Waals surface area contributed by atoms with Crippen LogP contribution in [0.15, 0.2) is 95.9 Å². The molecule has 0 radical (unpaired) electrons. The minimum absolute atomic E-state index is 0.0606. The number of nitrogens with zero attached hydrogens (tertiary/aromatic N) is 1. The Hall–Kier alpha value is -5.53. The van der Waals surface area contributed by atoms with Gasteiger partial charge in [0.05, 0.1) is 34.7 Å². The molecular formula is C39H41N3O9S. The van der Waals surface area contributed by atoms with Gasteiger partial charge in [0.2, 0.25) is 10.0 Å². The molecule has 4 aromatic rings. The molecule has 12 nitrogen and oxygen atoms in total. The number of anilines is 2. The Kier molecular flexibility index (Phi) is 12.1. The van der Waals surface area contributed by atoms with Crippen molar-refractivity contribution >= 4 is 45.2 Å². The van der Waals surface area contributed by atoms with E-state index in [0.29, 0.717) is 50.0 Å². The van der Waals surface area contributed by atoms with Crippen molar-refractivity contribution in [3.8, 4) is 5.75 Å². The van der Waals surface area contributed by atoms with E-state index >= 15 is 0 Å². The van der Waals surface area contributed by atoms with Crippen molar-refractivity contribution in [1.29, 1.82) is 0 Å². The second-order valence-corrected chi connectivity index (χ2v) is 14.5. The molecule has 1 saturated carbocycles. The van der Waals surface area contributed by atoms with Gasteiger partial charge >= 0.3 is 11.9 Å². The van der Waals surface area contributed by atoms with Gasteiger partial charge in [-0.1, -0.05) is 37.3 Å². The molecule has 1 fully saturated rings. The molecule has 0 aromatic heterocycles. The van der Waals surface area contributed by atoms with Crippen molar-refractivity contribution < 1.29 is 42.5 Å². The Balaban J connectivity index is 1.27. The first kappa shape index (κ1) is 37.7. The summed E-state index contributed by atoms with van der Waals surface area (Å²) in [7, 11) is -2.55. The van der Waals surface area contributed by atoms with Crippen molar-refractivity contribution in [3.05, 3.63) is 119 Å². The Labute approximate surface area is 302 Å². The number of methoxy groups -OCH3 is 1. The van der Waals surface area contributed by atoms with E-state index in [1.54, 1.807) is 49.4 Å². The molecule has 272 valence electrons. The summed E-state index contributed by atoms with van der Waals surface area (Å²) < 4.78 is 34.2. The molecule has 0 aliphatic heterocycles. The van der Waals surface area contributed by atoms with Gasteiger partial charge in [-0.3, -0.25) is 14.4 Å². The van der Waals surface area contributed by atoms with E-state index in [9.17, 15) is 32.7 Å². The predicted octanol–water partition coefficient (Wildman–Crippen LogP) is 6.34. The highest BCUT2D eigenvalue weighted by Crippen LogP contribution is 2.32. The quantitative estimate of drug-likeness (QED) is 0.115. The van der Waals surface area contributed by atoms with Crippen molar-refractivity contribution in [3.63, 3.8) is 0 Å². The Morgan fingerprint density at radius 2 is 1.40 bits per heavy atom. The molecule has 1 aliphatic carbocycles. The first-order valence-corrected chi connectivity index (χ1v) is 18.4. The zero-order valence-electron chi connectivity index (χ0n) is 28.9. The summed E-state index contributed by atoms with van der Waals surface area (Å²) in [6.07, 6.45) is 3.07. The van der Waals surface area contributed by atoms with Crippen LogP contribution in [0.5, 0.6) is 5.75 Å². The summed E-state index contributed by atoms with van der Waals surface area (Å²) in [5, 5.41) is 24.0. The van der Waals surface area contributed by atoms with Crippen molar-refractivity contribution in [2.24, 2.45) is 5.92 Å². The number of aliphatic carboxylic acids is 1. The smallest absolute Gasteiger partial charge is 0.335 e. The van der Waals surface area contributed by atoms with Gasteiger partial charge in [-0.15, -0.1) is 0 Å². The standard InChI is InChI=1S/C39H41N3O9S/c1-3-42(31-19-15-28(16-20-31)39(47)48)52(49,50)33-6-4-5-29(23-33)36(43)41-35-22-21-32(51-2)24-34(35)37(44)40-30-17-11-26(12-18-30)8-7-25-9-13-27(14-10-25)38(45)46/h4-6,9-14,17-18,21-24,28,31H,3,7-8,15-16,19-20H2,1-2H3,(H,40,44)(H,41,43)(H,45,46)(H,47,48)/t28-,31-. The zero-order chi connectivity index (χ0) is 37.4. The maximum absolute atomic E-state index is 13.7. The van der Waals surface area contributed by atoms with Crippen LogP contribution in [0.25, 0.3) is 0 Å². The van der Waals surface area contributed by atoms with Gasteiger partial charge in [0.25, 0.3) is 11.8 Å². The number of sulfonamides is 1. The molecule has 0 unspecified atom stereocenters. The van der Waals surface area contributed by atoms with Gasteiger partial charge in [0, 0.05) is 23.8 Å². The highest BCUT2D eigenvalue weighted by Gasteiger charge is 2.35. The monoisotopic (exact) mass is 727 g/mol. The Morgan fingerprint density at radius 1 is 0.769 bits per heavy atom. The molecule has 13 heteroatoms. The van der Waals surface area contributed by atoms with Gasteiger partial charge in [0.15, 0.2) is 0 Å². The van der Waals surface area contributed by atoms with Gasteiger partial charge < -0.3 is 25.6 Å². The molecule has 5 rings (SSSR count). The van der Waals surface area contributed by atoms with Crippen molar-refractivity contribution in [1.82, 2.24) is 4.31 Å². The molecule has 0 saturated heterocycles. The predicted molar refractivity (Wildman–Crippen MR) is 196 cm³/mol. The summed E-state index contributed by atoms with van der Waals surface area (Å²) >= 11 is 0. The van der Waals surface area contributed by atoms with E-state index in [1.807, 2.05) is 12.1 Å². The van der Waals surface area contributed by atoms with Crippen LogP contribution < -0.4 is 15.4 Å². The molecule has 0 bridgehead atoms. The van der Waals surface area contributed by atoms with Gasteiger partial charge in [-0.2, -0.15) is 4.31 Å². The molecule has 0 atom stereocenters. The van der Waals surface area contributed by atoms with Crippen LogP contribution in [0.1, 0.15) is 74.8 Å². The fourth-order valence-electron chi connectivity index (χ4n) is 6.37. The topological polar surface area (TPSA) is 179 Å². The molecule has 52 heavy (non-hydrogen) atoms. The van der Waals surface area contributed by atoms with E-state index in [1.165, 1.54) is 47.8 Å². The number of carboxylic acid groups (broad SMARTS) is 2. The van der Waals surface area contributed by atoms with Crippen LogP contribution in [0, 0.1) is 5.92 Å². The lowest BCUT2D eigenvalue weighted by molar-refractivity contribution is -0.143. The number of hydrogen-bond donors (Lipinski definition) is 4. The molecule has 2 amide bonds. The van der Waals surface area contributed by atoms with Crippen LogP contribution in [0.3, 0.4) is 0 Å². The van der Waals surface area contributed by atoms with Gasteiger partial charge in [0.1, 0.15) is 5.75 Å². The molecule has 4 N–H and O–H groups in total. The van der Waals surface area contributed by atoms with E-state index in [0.717, 1.165) is 11.1 Å². The van der Waals surface area contributed by atoms with Crippen LogP contribution in [-0.2, 0) is 27.7 Å². The lowest BCUT2D eigenvalue weighted by Crippen LogP contribution is -2.42. The minimum Gasteiger partial charge on any atom is -0.497 e. The van der Waals surface area contributed by atoms with E-state index < -0.39 is 39.7 Å². The number of nitrogens with one attached hydrogen (secondary N) is 2. The van der Waals surface area contributed by atoms with E-state index in [-0.39, 0.29) is 39.9 Å². The average Bonchev–Trinajstić information content (AvgIpc) is 3.15. The fraction of sp³-hybridized carbons (Fsp3) is 0.282. The number of carbonyl (C=O) groups excluding carboxylic acids is 2. The lowest BCUT2D eigenvalue weighted by atomic mass is 9.86. The normalized spacial score (nSPS) is 15.8. The van der Waals surface area contributed by atoms with Crippen LogP contribution in [0.2, 0.25) is 0 Å². The number of ether oxygens (including phenoxy) is 1. The number of amides is 2. The second-order valence-electron chi connectivity index (χ2n) is 12.6. The molecule has 4 aromatic carbocycles. The third kappa shape index (κ3) is 9.03. The first-order chi connectivity index (χ1) is 24.9. The largest absolute Gasteiger partial charge is 0.497 e. The van der Waals surface area contributed by atoms with Crippen LogP contribution in [0.4, 0.5) is 11.4 Å². The molecule has 1 aliphatic rings. The number of carboxylic acids is 2. The SMILES string of the molecule is CCN([C@H]1CC[C@H](C(=O)O)CC1)S(=O)(=O)c1cccc(C(=O)Nc2ccc(OC)cc2C(=O)Nc2ccc(CCc3ccc(C(=O)O)cc3)cc2)c1. The average molecular weight is 728 g/mol. The summed E-state index contributed by atoms with van der Waals surface area (Å²) in [6.45, 7) is 1.92. The number of aryl methyl sites for hydroxylation is 2. The van der Waals surface area contributed by atoms with Crippen LogP contribution >= 0.6 is 0 Å². The first-order valence-electron chi connectivity index (χ1n) is 17.0. The van der Waals surface area contributed by atoms with E-state index in [4.69, 9.17) is 9.84 Å². The Bertz CT molecular complexity index is 2040. The summed E-state index contributed by atoms with van der Waals surface area (Å²) in [5.74, 6) is -3.06. The number of aromatic carboxylic acids is 1. The maximum atomic E-state index is 13.7. The minimum atomic E-state index is -4.00. The second kappa shape index (κ2) is 16.7.